The summed E-state index contributed by atoms with van der Waals surface area (Å²) in [6.45, 7) is 2.31. The normalized spacial score (nSPS) is 10.3. The van der Waals surface area contributed by atoms with Crippen LogP contribution in [0.15, 0.2) is 36.4 Å². The molecule has 2 aromatic rings. The zero-order chi connectivity index (χ0) is 20.5. The van der Waals surface area contributed by atoms with Gasteiger partial charge in [-0.15, -0.1) is 0 Å². The highest BCUT2D eigenvalue weighted by Crippen LogP contribution is 2.36. The monoisotopic (exact) mass is 405 g/mol. The highest BCUT2D eigenvalue weighted by Gasteiger charge is 2.16. The van der Waals surface area contributed by atoms with Crippen molar-refractivity contribution in [2.45, 2.75) is 19.8 Å². The van der Waals surface area contributed by atoms with E-state index in [1.807, 2.05) is 31.2 Å². The van der Waals surface area contributed by atoms with Gasteiger partial charge < -0.3 is 19.5 Å². The maximum absolute atomic E-state index is 12.2. The number of halogens is 1. The van der Waals surface area contributed by atoms with Crippen molar-refractivity contribution in [3.8, 4) is 11.5 Å². The highest BCUT2D eigenvalue weighted by atomic mass is 35.5. The van der Waals surface area contributed by atoms with Gasteiger partial charge in [0.15, 0.2) is 11.5 Å². The number of esters is 1. The molecule has 2 rings (SSSR count). The number of hydrogen-bond acceptors (Lipinski definition) is 5. The number of methoxy groups -OCH3 is 2. The van der Waals surface area contributed by atoms with Crippen molar-refractivity contribution in [2.75, 3.05) is 27.4 Å². The summed E-state index contributed by atoms with van der Waals surface area (Å²) in [5.41, 5.74) is 2.54. The van der Waals surface area contributed by atoms with E-state index in [1.165, 1.54) is 31.9 Å². The zero-order valence-electron chi connectivity index (χ0n) is 16.2. The van der Waals surface area contributed by atoms with E-state index in [2.05, 4.69) is 5.32 Å². The second-order valence-electron chi connectivity index (χ2n) is 6.17. The molecule has 0 aliphatic rings. The van der Waals surface area contributed by atoms with Crippen molar-refractivity contribution in [2.24, 2.45) is 0 Å². The fraction of sp³-hybridized carbons (Fsp3) is 0.333. The molecule has 28 heavy (non-hydrogen) atoms. The lowest BCUT2D eigenvalue weighted by molar-refractivity contribution is -0.121. The molecule has 0 saturated carbocycles. The molecule has 7 heteroatoms. The molecule has 0 saturated heterocycles. The topological polar surface area (TPSA) is 73.9 Å². The van der Waals surface area contributed by atoms with Crippen molar-refractivity contribution in [1.29, 1.82) is 0 Å². The van der Waals surface area contributed by atoms with Crippen LogP contribution in [0.25, 0.3) is 0 Å². The van der Waals surface area contributed by atoms with Crippen LogP contribution in [-0.2, 0) is 16.0 Å². The van der Waals surface area contributed by atoms with Crippen molar-refractivity contribution < 1.29 is 23.8 Å². The Bertz CT molecular complexity index is 820. The van der Waals surface area contributed by atoms with Gasteiger partial charge in [0.2, 0.25) is 5.91 Å². The van der Waals surface area contributed by atoms with Crippen molar-refractivity contribution in [3.63, 3.8) is 0 Å². The summed E-state index contributed by atoms with van der Waals surface area (Å²) < 4.78 is 15.5. The molecule has 0 aliphatic heterocycles. The Morgan fingerprint density at radius 3 is 2.43 bits per heavy atom. The number of nitrogens with one attached hydrogen (secondary N) is 1. The van der Waals surface area contributed by atoms with Crippen LogP contribution in [0.2, 0.25) is 5.02 Å². The molecule has 0 unspecified atom stereocenters. The second-order valence-corrected chi connectivity index (χ2v) is 6.57. The summed E-state index contributed by atoms with van der Waals surface area (Å²) in [7, 11) is 2.92. The average Bonchev–Trinajstić information content (AvgIpc) is 2.69. The predicted octanol–water partition coefficient (Wildman–Crippen LogP) is 3.57. The van der Waals surface area contributed by atoms with Gasteiger partial charge in [-0.2, -0.15) is 0 Å². The molecular formula is C21H24ClNO5. The molecule has 0 spiro atoms. The minimum Gasteiger partial charge on any atom is -0.493 e. The molecule has 0 atom stereocenters. The lowest BCUT2D eigenvalue weighted by Gasteiger charge is -2.12. The Morgan fingerprint density at radius 1 is 1.07 bits per heavy atom. The summed E-state index contributed by atoms with van der Waals surface area (Å²) in [6, 6.07) is 11.0. The van der Waals surface area contributed by atoms with Crippen molar-refractivity contribution >= 4 is 23.5 Å². The maximum atomic E-state index is 12.2. The Hall–Kier alpha value is -2.73. The first-order valence-corrected chi connectivity index (χ1v) is 9.23. The highest BCUT2D eigenvalue weighted by molar-refractivity contribution is 6.32. The van der Waals surface area contributed by atoms with Crippen LogP contribution < -0.4 is 14.8 Å². The number of aryl methyl sites for hydroxylation is 2. The summed E-state index contributed by atoms with van der Waals surface area (Å²) in [6.07, 6.45) is 1.04. The van der Waals surface area contributed by atoms with E-state index in [1.54, 1.807) is 0 Å². The van der Waals surface area contributed by atoms with Crippen molar-refractivity contribution in [3.05, 3.63) is 58.1 Å². The van der Waals surface area contributed by atoms with Crippen LogP contribution >= 0.6 is 11.6 Å². The molecule has 1 amide bonds. The smallest absolute Gasteiger partial charge is 0.338 e. The molecular weight excluding hydrogens is 382 g/mol. The molecule has 0 aliphatic carbocycles. The van der Waals surface area contributed by atoms with Crippen LogP contribution in [0, 0.1) is 6.92 Å². The Labute approximate surface area is 169 Å². The SMILES string of the molecule is COc1cc(C(=O)OCCNC(=O)CCc2ccc(C)cc2)cc(Cl)c1OC. The maximum Gasteiger partial charge on any atom is 0.338 e. The Morgan fingerprint density at radius 2 is 1.79 bits per heavy atom. The Balaban J connectivity index is 1.75. The van der Waals surface area contributed by atoms with Crippen LogP contribution in [0.5, 0.6) is 11.5 Å². The minimum absolute atomic E-state index is 0.0566. The standard InChI is InChI=1S/C21H24ClNO5/c1-14-4-6-15(7-5-14)8-9-19(24)23-10-11-28-21(25)16-12-17(22)20(27-3)18(13-16)26-2/h4-7,12-13H,8-11H2,1-3H3,(H,23,24). The van der Waals surface area contributed by atoms with Gasteiger partial charge in [0.1, 0.15) is 6.61 Å². The van der Waals surface area contributed by atoms with Crippen LogP contribution in [0.1, 0.15) is 27.9 Å². The van der Waals surface area contributed by atoms with E-state index < -0.39 is 5.97 Å². The fourth-order valence-electron chi connectivity index (χ4n) is 2.55. The number of benzene rings is 2. The number of amides is 1. The number of ether oxygens (including phenoxy) is 3. The fourth-order valence-corrected chi connectivity index (χ4v) is 2.84. The Kier molecular flexibility index (Phi) is 8.14. The van der Waals surface area contributed by atoms with Crippen molar-refractivity contribution in [1.82, 2.24) is 5.32 Å². The number of hydrogen-bond donors (Lipinski definition) is 1. The van der Waals surface area contributed by atoms with E-state index in [0.29, 0.717) is 24.3 Å². The molecule has 0 bridgehead atoms. The summed E-state index contributed by atoms with van der Waals surface area (Å²) in [4.78, 5) is 24.1. The van der Waals surface area contributed by atoms with E-state index in [-0.39, 0.29) is 29.6 Å². The van der Waals surface area contributed by atoms with Crippen LogP contribution in [-0.4, -0.2) is 39.2 Å². The number of carbonyl (C=O) groups is 2. The number of rotatable bonds is 9. The summed E-state index contributed by atoms with van der Waals surface area (Å²) in [5, 5.41) is 2.98. The third kappa shape index (κ3) is 6.16. The lowest BCUT2D eigenvalue weighted by atomic mass is 10.1. The second kappa shape index (κ2) is 10.6. The zero-order valence-corrected chi connectivity index (χ0v) is 17.0. The molecule has 0 radical (unpaired) electrons. The molecule has 0 heterocycles. The van der Waals surface area contributed by atoms with Gasteiger partial charge in [-0.05, 0) is 31.0 Å². The van der Waals surface area contributed by atoms with Gasteiger partial charge in [-0.3, -0.25) is 4.79 Å². The predicted molar refractivity (Wildman–Crippen MR) is 107 cm³/mol. The average molecular weight is 406 g/mol. The molecule has 150 valence electrons. The first kappa shape index (κ1) is 21.6. The van der Waals surface area contributed by atoms with Crippen LogP contribution in [0.4, 0.5) is 0 Å². The quantitative estimate of drug-likeness (QED) is 0.510. The largest absolute Gasteiger partial charge is 0.493 e. The lowest BCUT2D eigenvalue weighted by Crippen LogP contribution is -2.28. The number of carbonyl (C=O) groups excluding carboxylic acids is 2. The molecule has 0 fully saturated rings. The van der Waals surface area contributed by atoms with Gasteiger partial charge in [0, 0.05) is 6.42 Å². The molecule has 0 aromatic heterocycles. The third-order valence-corrected chi connectivity index (χ3v) is 4.37. The summed E-state index contributed by atoms with van der Waals surface area (Å²) >= 11 is 6.08. The van der Waals surface area contributed by atoms with Gasteiger partial charge in [-0.25, -0.2) is 4.79 Å². The van der Waals surface area contributed by atoms with Gasteiger partial charge >= 0.3 is 5.97 Å². The first-order chi connectivity index (χ1) is 13.4. The summed E-state index contributed by atoms with van der Waals surface area (Å²) in [5.74, 6) is 0.0375. The van der Waals surface area contributed by atoms with E-state index >= 15 is 0 Å². The molecule has 2 aromatic carbocycles. The molecule has 1 N–H and O–H groups in total. The molecule has 6 nitrogen and oxygen atoms in total. The van der Waals surface area contributed by atoms with Gasteiger partial charge in [0.05, 0.1) is 31.4 Å². The third-order valence-electron chi connectivity index (χ3n) is 4.09. The van der Waals surface area contributed by atoms with E-state index in [9.17, 15) is 9.59 Å². The van der Waals surface area contributed by atoms with E-state index in [4.69, 9.17) is 25.8 Å². The van der Waals surface area contributed by atoms with Gasteiger partial charge in [-0.1, -0.05) is 41.4 Å². The van der Waals surface area contributed by atoms with Crippen LogP contribution in [0.3, 0.4) is 0 Å². The van der Waals surface area contributed by atoms with E-state index in [0.717, 1.165) is 5.56 Å². The van der Waals surface area contributed by atoms with Gasteiger partial charge in [0.25, 0.3) is 0 Å². The first-order valence-electron chi connectivity index (χ1n) is 8.85. The minimum atomic E-state index is -0.559.